The van der Waals surface area contributed by atoms with Crippen LogP contribution in [0.5, 0.6) is 5.75 Å². The van der Waals surface area contributed by atoms with Crippen LogP contribution in [-0.4, -0.2) is 25.7 Å². The summed E-state index contributed by atoms with van der Waals surface area (Å²) in [6, 6.07) is 7.09. The molecule has 0 aliphatic heterocycles. The topological polar surface area (TPSA) is 86.7 Å². The summed E-state index contributed by atoms with van der Waals surface area (Å²) >= 11 is 0. The maximum atomic E-state index is 9.13. The van der Waals surface area contributed by atoms with Gasteiger partial charge in [-0.25, -0.2) is 0 Å². The van der Waals surface area contributed by atoms with Crippen LogP contribution in [0.25, 0.3) is 0 Å². The Morgan fingerprint density at radius 3 is 2.75 bits per heavy atom. The Kier molecular flexibility index (Phi) is 3.11. The number of nitrogens with zero attached hydrogens (tertiary/aromatic N) is 3. The quantitative estimate of drug-likeness (QED) is 0.706. The van der Waals surface area contributed by atoms with E-state index in [4.69, 9.17) is 5.11 Å². The number of aromatic hydroxyl groups is 1. The first-order chi connectivity index (χ1) is 7.75. The lowest BCUT2D eigenvalue weighted by Gasteiger charge is -2.09. The van der Waals surface area contributed by atoms with Gasteiger partial charge in [0.15, 0.2) is 5.82 Å². The van der Waals surface area contributed by atoms with E-state index in [1.165, 1.54) is 0 Å². The molecule has 1 aromatic carbocycles. The fourth-order valence-electron chi connectivity index (χ4n) is 1.33. The van der Waals surface area contributed by atoms with Crippen molar-refractivity contribution < 1.29 is 5.11 Å². The molecule has 1 atom stereocenters. The SMILES string of the molecule is CC(NCc1ccc(O)cc1)c1nn[nH]n1. The summed E-state index contributed by atoms with van der Waals surface area (Å²) in [7, 11) is 0. The van der Waals surface area contributed by atoms with Crippen LogP contribution < -0.4 is 5.32 Å². The number of hydrogen-bond donors (Lipinski definition) is 3. The van der Waals surface area contributed by atoms with Gasteiger partial charge < -0.3 is 10.4 Å². The van der Waals surface area contributed by atoms with Gasteiger partial charge in [-0.15, -0.1) is 10.2 Å². The van der Waals surface area contributed by atoms with E-state index < -0.39 is 0 Å². The van der Waals surface area contributed by atoms with Gasteiger partial charge in [-0.2, -0.15) is 5.21 Å². The number of phenols is 1. The highest BCUT2D eigenvalue weighted by Gasteiger charge is 2.08. The number of phenolic OH excluding ortho intramolecular Hbond substituents is 1. The van der Waals surface area contributed by atoms with E-state index in [-0.39, 0.29) is 11.8 Å². The molecule has 0 spiro atoms. The minimum atomic E-state index is 0.0348. The van der Waals surface area contributed by atoms with Crippen LogP contribution in [0.15, 0.2) is 24.3 Å². The Bertz CT molecular complexity index is 425. The average molecular weight is 219 g/mol. The molecule has 16 heavy (non-hydrogen) atoms. The van der Waals surface area contributed by atoms with Gasteiger partial charge in [-0.1, -0.05) is 17.3 Å². The first-order valence-electron chi connectivity index (χ1n) is 5.00. The molecular formula is C10H13N5O. The van der Waals surface area contributed by atoms with Crippen molar-refractivity contribution in [3.05, 3.63) is 35.7 Å². The third kappa shape index (κ3) is 2.54. The minimum Gasteiger partial charge on any atom is -0.508 e. The van der Waals surface area contributed by atoms with Crippen LogP contribution in [-0.2, 0) is 6.54 Å². The number of aromatic nitrogens is 4. The fraction of sp³-hybridized carbons (Fsp3) is 0.300. The van der Waals surface area contributed by atoms with Crippen molar-refractivity contribution in [2.45, 2.75) is 19.5 Å². The number of rotatable bonds is 4. The highest BCUT2D eigenvalue weighted by molar-refractivity contribution is 5.25. The maximum Gasteiger partial charge on any atom is 0.191 e. The molecule has 1 unspecified atom stereocenters. The van der Waals surface area contributed by atoms with Gasteiger partial charge in [0.2, 0.25) is 0 Å². The zero-order valence-electron chi connectivity index (χ0n) is 8.88. The highest BCUT2D eigenvalue weighted by Crippen LogP contribution is 2.11. The highest BCUT2D eigenvalue weighted by atomic mass is 16.3. The van der Waals surface area contributed by atoms with Crippen molar-refractivity contribution in [1.29, 1.82) is 0 Å². The van der Waals surface area contributed by atoms with E-state index in [9.17, 15) is 0 Å². The molecule has 84 valence electrons. The van der Waals surface area contributed by atoms with E-state index in [1.54, 1.807) is 12.1 Å². The van der Waals surface area contributed by atoms with Crippen molar-refractivity contribution >= 4 is 0 Å². The zero-order valence-corrected chi connectivity index (χ0v) is 8.88. The lowest BCUT2D eigenvalue weighted by molar-refractivity contribution is 0.474. The van der Waals surface area contributed by atoms with Crippen LogP contribution in [0.3, 0.4) is 0 Å². The third-order valence-electron chi connectivity index (χ3n) is 2.30. The van der Waals surface area contributed by atoms with Crippen LogP contribution in [0.1, 0.15) is 24.4 Å². The number of benzene rings is 1. The normalized spacial score (nSPS) is 12.6. The van der Waals surface area contributed by atoms with Crippen molar-refractivity contribution in [1.82, 2.24) is 25.9 Å². The molecular weight excluding hydrogens is 206 g/mol. The number of hydrogen-bond acceptors (Lipinski definition) is 5. The molecule has 0 saturated heterocycles. The summed E-state index contributed by atoms with van der Waals surface area (Å²) in [6.07, 6.45) is 0. The van der Waals surface area contributed by atoms with E-state index in [0.29, 0.717) is 12.4 Å². The van der Waals surface area contributed by atoms with Gasteiger partial charge in [0.25, 0.3) is 0 Å². The smallest absolute Gasteiger partial charge is 0.191 e. The lowest BCUT2D eigenvalue weighted by Crippen LogP contribution is -2.19. The second-order valence-corrected chi connectivity index (χ2v) is 3.54. The molecule has 0 aliphatic carbocycles. The monoisotopic (exact) mass is 219 g/mol. The summed E-state index contributed by atoms with van der Waals surface area (Å²) in [5.74, 6) is 0.911. The Hall–Kier alpha value is -1.95. The first kappa shape index (κ1) is 10.6. The standard InChI is InChI=1S/C10H13N5O/c1-7(10-12-14-15-13-10)11-6-8-2-4-9(16)5-3-8/h2-5,7,11,16H,6H2,1H3,(H,12,13,14,15). The van der Waals surface area contributed by atoms with Crippen molar-refractivity contribution in [2.75, 3.05) is 0 Å². The molecule has 0 bridgehead atoms. The molecule has 2 rings (SSSR count). The van der Waals surface area contributed by atoms with Crippen LogP contribution in [0.4, 0.5) is 0 Å². The molecule has 2 aromatic rings. The Balaban J connectivity index is 1.90. The molecule has 1 aromatic heterocycles. The van der Waals surface area contributed by atoms with Crippen LogP contribution in [0, 0.1) is 0 Å². The second-order valence-electron chi connectivity index (χ2n) is 3.54. The predicted octanol–water partition coefficient (Wildman–Crippen LogP) is 0.756. The van der Waals surface area contributed by atoms with Crippen molar-refractivity contribution in [2.24, 2.45) is 0 Å². The fourth-order valence-corrected chi connectivity index (χ4v) is 1.33. The summed E-state index contributed by atoms with van der Waals surface area (Å²) in [6.45, 7) is 2.65. The van der Waals surface area contributed by atoms with Gasteiger partial charge in [-0.05, 0) is 24.6 Å². The Morgan fingerprint density at radius 2 is 2.12 bits per heavy atom. The van der Waals surface area contributed by atoms with Gasteiger partial charge in [0.05, 0.1) is 6.04 Å². The minimum absolute atomic E-state index is 0.0348. The van der Waals surface area contributed by atoms with E-state index in [2.05, 4.69) is 25.9 Å². The van der Waals surface area contributed by atoms with E-state index in [1.807, 2.05) is 19.1 Å². The van der Waals surface area contributed by atoms with Crippen LogP contribution in [0.2, 0.25) is 0 Å². The first-order valence-corrected chi connectivity index (χ1v) is 5.00. The third-order valence-corrected chi connectivity index (χ3v) is 2.30. The molecule has 0 aliphatic rings. The van der Waals surface area contributed by atoms with Crippen LogP contribution >= 0.6 is 0 Å². The summed E-state index contributed by atoms with van der Waals surface area (Å²) < 4.78 is 0. The van der Waals surface area contributed by atoms with Gasteiger partial charge in [0.1, 0.15) is 5.75 Å². The van der Waals surface area contributed by atoms with E-state index in [0.717, 1.165) is 5.56 Å². The van der Waals surface area contributed by atoms with Gasteiger partial charge >= 0.3 is 0 Å². The molecule has 3 N–H and O–H groups in total. The molecule has 0 fully saturated rings. The molecule has 0 radical (unpaired) electrons. The van der Waals surface area contributed by atoms with Crippen molar-refractivity contribution in [3.63, 3.8) is 0 Å². The summed E-state index contributed by atoms with van der Waals surface area (Å²) in [4.78, 5) is 0. The molecule has 6 heteroatoms. The number of aromatic amines is 1. The molecule has 0 amide bonds. The van der Waals surface area contributed by atoms with Crippen molar-refractivity contribution in [3.8, 4) is 5.75 Å². The van der Waals surface area contributed by atoms with Gasteiger partial charge in [-0.3, -0.25) is 0 Å². The summed E-state index contributed by atoms with van der Waals surface area (Å²) in [5.41, 5.74) is 1.09. The Morgan fingerprint density at radius 1 is 1.38 bits per heavy atom. The second kappa shape index (κ2) is 4.71. The average Bonchev–Trinajstić information content (AvgIpc) is 2.81. The lowest BCUT2D eigenvalue weighted by atomic mass is 10.2. The van der Waals surface area contributed by atoms with E-state index >= 15 is 0 Å². The zero-order chi connectivity index (χ0) is 11.4. The predicted molar refractivity (Wildman–Crippen MR) is 57.5 cm³/mol. The maximum absolute atomic E-state index is 9.13. The molecule has 0 saturated carbocycles. The molecule has 6 nitrogen and oxygen atoms in total. The Labute approximate surface area is 92.7 Å². The molecule has 1 heterocycles. The van der Waals surface area contributed by atoms with Gasteiger partial charge in [0, 0.05) is 6.54 Å². The number of tetrazole rings is 1. The summed E-state index contributed by atoms with van der Waals surface area (Å²) in [5, 5.41) is 26.1. The number of H-pyrrole nitrogens is 1. The number of nitrogens with one attached hydrogen (secondary N) is 2. The largest absolute Gasteiger partial charge is 0.508 e.